The van der Waals surface area contributed by atoms with Crippen molar-refractivity contribution in [3.63, 3.8) is 0 Å². The molecule has 1 amide bonds. The van der Waals surface area contributed by atoms with Crippen molar-refractivity contribution in [3.05, 3.63) is 29.8 Å². The number of esters is 1. The summed E-state index contributed by atoms with van der Waals surface area (Å²) >= 11 is 0. The molecular weight excluding hydrogens is 308 g/mol. The molecule has 0 saturated carbocycles. The summed E-state index contributed by atoms with van der Waals surface area (Å²) in [7, 11) is -2.54. The largest absolute Gasteiger partial charge is 0.465 e. The maximum atomic E-state index is 12.1. The molecule has 22 heavy (non-hydrogen) atoms. The van der Waals surface area contributed by atoms with Crippen LogP contribution in [0.25, 0.3) is 0 Å². The Morgan fingerprint density at radius 3 is 2.32 bits per heavy atom. The number of rotatable bonds is 5. The summed E-state index contributed by atoms with van der Waals surface area (Å²) < 4.78 is 31.0. The molecule has 0 bridgehead atoms. The molecule has 0 radical (unpaired) electrons. The first-order chi connectivity index (χ1) is 10.4. The van der Waals surface area contributed by atoms with Gasteiger partial charge >= 0.3 is 5.97 Å². The van der Waals surface area contributed by atoms with Crippen LogP contribution in [-0.4, -0.2) is 51.9 Å². The molecule has 0 unspecified atom stereocenters. The number of amides is 1. The number of benzene rings is 1. The van der Waals surface area contributed by atoms with Crippen LogP contribution >= 0.6 is 0 Å². The number of carbonyl (C=O) groups excluding carboxylic acids is 2. The number of sulfonamides is 1. The van der Waals surface area contributed by atoms with Crippen LogP contribution in [0.1, 0.15) is 23.2 Å². The number of ether oxygens (including phenoxy) is 1. The van der Waals surface area contributed by atoms with Crippen LogP contribution in [0.3, 0.4) is 0 Å². The second-order valence-corrected chi connectivity index (χ2v) is 6.70. The van der Waals surface area contributed by atoms with Crippen LogP contribution in [0.2, 0.25) is 0 Å². The molecule has 0 atom stereocenters. The second kappa shape index (κ2) is 6.89. The number of carbonyl (C=O) groups is 2. The SMILES string of the molecule is COC(=O)c1ccc(S(=O)(=O)NCC(=O)N2CCCC2)cc1. The van der Waals surface area contributed by atoms with Crippen LogP contribution in [0.4, 0.5) is 0 Å². The molecule has 0 spiro atoms. The maximum absolute atomic E-state index is 12.1. The third kappa shape index (κ3) is 3.83. The third-order valence-corrected chi connectivity index (χ3v) is 4.88. The van der Waals surface area contributed by atoms with Crippen molar-refractivity contribution >= 4 is 21.9 Å². The molecule has 1 aliphatic heterocycles. The number of likely N-dealkylation sites (tertiary alicyclic amines) is 1. The van der Waals surface area contributed by atoms with Crippen LogP contribution in [0.15, 0.2) is 29.2 Å². The normalized spacial score (nSPS) is 14.9. The van der Waals surface area contributed by atoms with E-state index in [2.05, 4.69) is 9.46 Å². The fourth-order valence-corrected chi connectivity index (χ4v) is 3.18. The van der Waals surface area contributed by atoms with Crippen molar-refractivity contribution in [1.29, 1.82) is 0 Å². The topological polar surface area (TPSA) is 92.8 Å². The average molecular weight is 326 g/mol. The van der Waals surface area contributed by atoms with E-state index in [0.29, 0.717) is 13.1 Å². The van der Waals surface area contributed by atoms with Gasteiger partial charge in [0.05, 0.1) is 24.1 Å². The van der Waals surface area contributed by atoms with Gasteiger partial charge in [-0.15, -0.1) is 0 Å². The highest BCUT2D eigenvalue weighted by Crippen LogP contribution is 2.12. The minimum atomic E-state index is -3.78. The molecule has 1 fully saturated rings. The molecule has 1 heterocycles. The van der Waals surface area contributed by atoms with E-state index in [1.54, 1.807) is 4.90 Å². The van der Waals surface area contributed by atoms with Gasteiger partial charge in [-0.05, 0) is 37.1 Å². The lowest BCUT2D eigenvalue weighted by atomic mass is 10.2. The molecule has 0 aromatic heterocycles. The van der Waals surface area contributed by atoms with E-state index in [9.17, 15) is 18.0 Å². The minimum absolute atomic E-state index is 0.00521. The van der Waals surface area contributed by atoms with Gasteiger partial charge in [-0.25, -0.2) is 17.9 Å². The number of nitrogens with zero attached hydrogens (tertiary/aromatic N) is 1. The summed E-state index contributed by atoms with van der Waals surface area (Å²) in [6.07, 6.45) is 1.90. The van der Waals surface area contributed by atoms with Crippen molar-refractivity contribution in [3.8, 4) is 0 Å². The lowest BCUT2D eigenvalue weighted by Crippen LogP contribution is -2.38. The molecule has 1 aromatic carbocycles. The first-order valence-corrected chi connectivity index (χ1v) is 8.38. The third-order valence-electron chi connectivity index (χ3n) is 3.46. The van der Waals surface area contributed by atoms with Crippen molar-refractivity contribution in [2.24, 2.45) is 0 Å². The number of nitrogens with one attached hydrogen (secondary N) is 1. The van der Waals surface area contributed by atoms with Gasteiger partial charge in [0.15, 0.2) is 0 Å². The Hall–Kier alpha value is -1.93. The van der Waals surface area contributed by atoms with Gasteiger partial charge in [-0.1, -0.05) is 0 Å². The number of hydrogen-bond acceptors (Lipinski definition) is 5. The molecule has 1 aromatic rings. The summed E-state index contributed by atoms with van der Waals surface area (Å²) in [5.41, 5.74) is 0.259. The van der Waals surface area contributed by atoms with E-state index in [-0.39, 0.29) is 22.9 Å². The van der Waals surface area contributed by atoms with Crippen LogP contribution in [-0.2, 0) is 19.6 Å². The number of methoxy groups -OCH3 is 1. The van der Waals surface area contributed by atoms with Gasteiger partial charge in [-0.3, -0.25) is 4.79 Å². The predicted octanol–water partition coefficient (Wildman–Crippen LogP) is 0.374. The highest BCUT2D eigenvalue weighted by atomic mass is 32.2. The molecule has 1 saturated heterocycles. The molecule has 0 aliphatic carbocycles. The Kier molecular flexibility index (Phi) is 5.15. The van der Waals surface area contributed by atoms with E-state index in [4.69, 9.17) is 0 Å². The van der Waals surface area contributed by atoms with Gasteiger partial charge in [0, 0.05) is 13.1 Å². The summed E-state index contributed by atoms with van der Waals surface area (Å²) in [4.78, 5) is 24.8. The summed E-state index contributed by atoms with van der Waals surface area (Å²) in [6.45, 7) is 1.09. The fourth-order valence-electron chi connectivity index (χ4n) is 2.21. The Labute approximate surface area is 129 Å². The maximum Gasteiger partial charge on any atom is 0.337 e. The van der Waals surface area contributed by atoms with E-state index in [1.165, 1.54) is 31.4 Å². The van der Waals surface area contributed by atoms with Crippen molar-refractivity contribution < 1.29 is 22.7 Å². The van der Waals surface area contributed by atoms with Gasteiger partial charge in [0.25, 0.3) is 0 Å². The Bertz CT molecular complexity index is 648. The van der Waals surface area contributed by atoms with Crippen LogP contribution in [0, 0.1) is 0 Å². The van der Waals surface area contributed by atoms with Gasteiger partial charge < -0.3 is 9.64 Å². The zero-order valence-electron chi connectivity index (χ0n) is 12.2. The zero-order chi connectivity index (χ0) is 16.2. The summed E-state index contributed by atoms with van der Waals surface area (Å²) in [5.74, 6) is -0.770. The molecule has 8 heteroatoms. The van der Waals surface area contributed by atoms with E-state index in [1.807, 2.05) is 0 Å². The lowest BCUT2D eigenvalue weighted by Gasteiger charge is -2.15. The van der Waals surface area contributed by atoms with E-state index < -0.39 is 16.0 Å². The van der Waals surface area contributed by atoms with E-state index in [0.717, 1.165) is 12.8 Å². The Morgan fingerprint density at radius 2 is 1.77 bits per heavy atom. The molecular formula is C14H18N2O5S. The Balaban J connectivity index is 2.00. The average Bonchev–Trinajstić information content (AvgIpc) is 3.06. The van der Waals surface area contributed by atoms with E-state index >= 15 is 0 Å². The lowest BCUT2D eigenvalue weighted by molar-refractivity contribution is -0.128. The van der Waals surface area contributed by atoms with Gasteiger partial charge in [-0.2, -0.15) is 0 Å². The predicted molar refractivity (Wildman–Crippen MR) is 78.8 cm³/mol. The minimum Gasteiger partial charge on any atom is -0.465 e. The van der Waals surface area contributed by atoms with Crippen LogP contribution in [0.5, 0.6) is 0 Å². The highest BCUT2D eigenvalue weighted by molar-refractivity contribution is 7.89. The number of hydrogen-bond donors (Lipinski definition) is 1. The van der Waals surface area contributed by atoms with Gasteiger partial charge in [0.1, 0.15) is 0 Å². The molecule has 1 N–H and O–H groups in total. The Morgan fingerprint density at radius 1 is 1.18 bits per heavy atom. The van der Waals surface area contributed by atoms with Crippen molar-refractivity contribution in [2.75, 3.05) is 26.7 Å². The molecule has 1 aliphatic rings. The molecule has 7 nitrogen and oxygen atoms in total. The monoisotopic (exact) mass is 326 g/mol. The standard InChI is InChI=1S/C14H18N2O5S/c1-21-14(18)11-4-6-12(7-5-11)22(19,20)15-10-13(17)16-8-2-3-9-16/h4-7,15H,2-3,8-10H2,1H3. The van der Waals surface area contributed by atoms with Crippen LogP contribution < -0.4 is 4.72 Å². The molecule has 2 rings (SSSR count). The van der Waals surface area contributed by atoms with Crippen molar-refractivity contribution in [1.82, 2.24) is 9.62 Å². The first kappa shape index (κ1) is 16.4. The highest BCUT2D eigenvalue weighted by Gasteiger charge is 2.21. The fraction of sp³-hybridized carbons (Fsp3) is 0.429. The quantitative estimate of drug-likeness (QED) is 0.789. The smallest absolute Gasteiger partial charge is 0.337 e. The zero-order valence-corrected chi connectivity index (χ0v) is 13.1. The second-order valence-electron chi connectivity index (χ2n) is 4.93. The molecule has 120 valence electrons. The summed E-state index contributed by atoms with van der Waals surface area (Å²) in [6, 6.07) is 5.33. The summed E-state index contributed by atoms with van der Waals surface area (Å²) in [5, 5.41) is 0. The van der Waals surface area contributed by atoms with Gasteiger partial charge in [0.2, 0.25) is 15.9 Å². The first-order valence-electron chi connectivity index (χ1n) is 6.90. The van der Waals surface area contributed by atoms with Crippen molar-refractivity contribution in [2.45, 2.75) is 17.7 Å².